The summed E-state index contributed by atoms with van der Waals surface area (Å²) in [5, 5.41) is 12.1. The van der Waals surface area contributed by atoms with Gasteiger partial charge >= 0.3 is 5.97 Å². The summed E-state index contributed by atoms with van der Waals surface area (Å²) in [7, 11) is -2.91. The number of anilines is 1. The van der Waals surface area contributed by atoms with Gasteiger partial charge in [0.25, 0.3) is 0 Å². The van der Waals surface area contributed by atoms with E-state index in [1.54, 1.807) is 12.3 Å². The molecule has 0 amide bonds. The number of aromatic carboxylic acids is 1. The van der Waals surface area contributed by atoms with Crippen LogP contribution in [0, 0.1) is 5.92 Å². The van der Waals surface area contributed by atoms with Crippen LogP contribution in [0.4, 0.5) is 5.95 Å². The van der Waals surface area contributed by atoms with Crippen molar-refractivity contribution in [3.63, 3.8) is 0 Å². The Bertz CT molecular complexity index is 869. The second-order valence-corrected chi connectivity index (χ2v) is 7.88. The molecule has 0 saturated carbocycles. The molecule has 0 spiro atoms. The average Bonchev–Trinajstić information content (AvgIpc) is 2.92. The minimum Gasteiger partial charge on any atom is -0.478 e. The Hall–Kier alpha value is -2.55. The Labute approximate surface area is 138 Å². The maximum atomic E-state index is 11.5. The Balaban J connectivity index is 1.72. The molecule has 3 heterocycles. The molecule has 1 saturated heterocycles. The highest BCUT2D eigenvalue weighted by Crippen LogP contribution is 2.20. The van der Waals surface area contributed by atoms with Crippen molar-refractivity contribution in [2.45, 2.75) is 6.42 Å². The van der Waals surface area contributed by atoms with E-state index in [-0.39, 0.29) is 23.0 Å². The standard InChI is InChI=1S/C15H16N4O4S/c20-14(21)11-1-4-16-13(7-11)12-2-5-17-15(19-12)18-8-10-3-6-24(22,23)9-10/h1-2,4-5,7,10H,3,6,8-9H2,(H,20,21)(H,17,18,19)/t10-/m0/s1. The van der Waals surface area contributed by atoms with Gasteiger partial charge in [-0.3, -0.25) is 4.98 Å². The number of carboxylic acids is 1. The fourth-order valence-electron chi connectivity index (χ4n) is 2.56. The zero-order valence-corrected chi connectivity index (χ0v) is 13.5. The molecule has 2 N–H and O–H groups in total. The second-order valence-electron chi connectivity index (χ2n) is 5.65. The van der Waals surface area contributed by atoms with Crippen LogP contribution >= 0.6 is 0 Å². The van der Waals surface area contributed by atoms with Gasteiger partial charge < -0.3 is 10.4 Å². The monoisotopic (exact) mass is 348 g/mol. The third-order valence-corrected chi connectivity index (χ3v) is 5.64. The third kappa shape index (κ3) is 3.85. The lowest BCUT2D eigenvalue weighted by atomic mass is 10.1. The highest BCUT2D eigenvalue weighted by atomic mass is 32.2. The molecule has 1 aliphatic rings. The lowest BCUT2D eigenvalue weighted by molar-refractivity contribution is 0.0697. The van der Waals surface area contributed by atoms with Crippen LogP contribution in [0.3, 0.4) is 0 Å². The predicted molar refractivity (Wildman–Crippen MR) is 87.5 cm³/mol. The SMILES string of the molecule is O=C(O)c1ccnc(-c2ccnc(NC[C@@H]3CCS(=O)(=O)C3)n2)c1. The summed E-state index contributed by atoms with van der Waals surface area (Å²) in [6, 6.07) is 4.49. The number of aromatic nitrogens is 3. The van der Waals surface area contributed by atoms with E-state index >= 15 is 0 Å². The third-order valence-electron chi connectivity index (χ3n) is 3.80. The number of nitrogens with zero attached hydrogens (tertiary/aromatic N) is 3. The largest absolute Gasteiger partial charge is 0.478 e. The Morgan fingerprint density at radius 2 is 2.04 bits per heavy atom. The molecule has 126 valence electrons. The molecule has 1 atom stereocenters. The molecular weight excluding hydrogens is 332 g/mol. The zero-order valence-electron chi connectivity index (χ0n) is 12.7. The van der Waals surface area contributed by atoms with Gasteiger partial charge in [0.1, 0.15) is 0 Å². The van der Waals surface area contributed by atoms with Crippen LogP contribution in [-0.4, -0.2) is 52.5 Å². The average molecular weight is 348 g/mol. The summed E-state index contributed by atoms with van der Waals surface area (Å²) in [5.74, 6) is -0.211. The number of sulfone groups is 1. The Morgan fingerprint density at radius 1 is 1.25 bits per heavy atom. The van der Waals surface area contributed by atoms with Crippen molar-refractivity contribution in [1.82, 2.24) is 15.0 Å². The van der Waals surface area contributed by atoms with Gasteiger partial charge in [0.2, 0.25) is 5.95 Å². The number of pyridine rings is 1. The number of carbonyl (C=O) groups is 1. The molecule has 0 radical (unpaired) electrons. The van der Waals surface area contributed by atoms with E-state index in [1.807, 2.05) is 0 Å². The lowest BCUT2D eigenvalue weighted by Crippen LogP contribution is -2.17. The van der Waals surface area contributed by atoms with E-state index in [2.05, 4.69) is 20.3 Å². The Kier molecular flexibility index (Phi) is 4.43. The molecule has 0 aromatic carbocycles. The van der Waals surface area contributed by atoms with Crippen LogP contribution in [-0.2, 0) is 9.84 Å². The van der Waals surface area contributed by atoms with Crippen LogP contribution in [0.1, 0.15) is 16.8 Å². The van der Waals surface area contributed by atoms with Crippen LogP contribution in [0.15, 0.2) is 30.6 Å². The number of hydrogen-bond donors (Lipinski definition) is 2. The van der Waals surface area contributed by atoms with Gasteiger partial charge in [-0.1, -0.05) is 0 Å². The van der Waals surface area contributed by atoms with E-state index in [4.69, 9.17) is 5.11 Å². The van der Waals surface area contributed by atoms with Gasteiger partial charge in [-0.2, -0.15) is 0 Å². The fourth-order valence-corrected chi connectivity index (χ4v) is 4.42. The van der Waals surface area contributed by atoms with Crippen LogP contribution < -0.4 is 5.32 Å². The maximum Gasteiger partial charge on any atom is 0.335 e. The van der Waals surface area contributed by atoms with Crippen molar-refractivity contribution in [3.8, 4) is 11.4 Å². The first kappa shape index (κ1) is 16.3. The first-order valence-electron chi connectivity index (χ1n) is 7.40. The molecule has 0 unspecified atom stereocenters. The summed E-state index contributed by atoms with van der Waals surface area (Å²) in [6.45, 7) is 0.477. The van der Waals surface area contributed by atoms with Crippen LogP contribution in [0.25, 0.3) is 11.4 Å². The van der Waals surface area contributed by atoms with Crippen molar-refractivity contribution >= 4 is 21.8 Å². The molecule has 0 aliphatic carbocycles. The van der Waals surface area contributed by atoms with Crippen molar-refractivity contribution in [2.24, 2.45) is 5.92 Å². The molecular formula is C15H16N4O4S. The number of nitrogens with one attached hydrogen (secondary N) is 1. The summed E-state index contributed by atoms with van der Waals surface area (Å²) in [6.07, 6.45) is 3.60. The van der Waals surface area contributed by atoms with Gasteiger partial charge in [0, 0.05) is 18.9 Å². The quantitative estimate of drug-likeness (QED) is 0.823. The first-order chi connectivity index (χ1) is 11.4. The normalized spacial score (nSPS) is 19.1. The fraction of sp³-hybridized carbons (Fsp3) is 0.333. The van der Waals surface area contributed by atoms with E-state index in [1.165, 1.54) is 18.3 Å². The van der Waals surface area contributed by atoms with Gasteiger partial charge in [-0.15, -0.1) is 0 Å². The number of rotatable bonds is 5. The molecule has 3 rings (SSSR count). The van der Waals surface area contributed by atoms with Gasteiger partial charge in [-0.25, -0.2) is 23.2 Å². The summed E-state index contributed by atoms with van der Waals surface area (Å²) >= 11 is 0. The summed E-state index contributed by atoms with van der Waals surface area (Å²) in [5.41, 5.74) is 1.06. The van der Waals surface area contributed by atoms with Gasteiger partial charge in [-0.05, 0) is 30.5 Å². The molecule has 24 heavy (non-hydrogen) atoms. The van der Waals surface area contributed by atoms with Gasteiger partial charge in [0.15, 0.2) is 9.84 Å². The molecule has 0 bridgehead atoms. The molecule has 2 aromatic rings. The topological polar surface area (TPSA) is 122 Å². The maximum absolute atomic E-state index is 11.5. The number of hydrogen-bond acceptors (Lipinski definition) is 7. The van der Waals surface area contributed by atoms with Crippen molar-refractivity contribution in [1.29, 1.82) is 0 Å². The van der Waals surface area contributed by atoms with Crippen molar-refractivity contribution < 1.29 is 18.3 Å². The molecule has 9 heteroatoms. The van der Waals surface area contributed by atoms with E-state index in [9.17, 15) is 13.2 Å². The van der Waals surface area contributed by atoms with Crippen LogP contribution in [0.2, 0.25) is 0 Å². The summed E-state index contributed by atoms with van der Waals surface area (Å²) < 4.78 is 22.9. The molecule has 2 aromatic heterocycles. The number of carboxylic acid groups (broad SMARTS) is 1. The van der Waals surface area contributed by atoms with Gasteiger partial charge in [0.05, 0.1) is 28.5 Å². The summed E-state index contributed by atoms with van der Waals surface area (Å²) in [4.78, 5) is 23.6. The van der Waals surface area contributed by atoms with Crippen molar-refractivity contribution in [2.75, 3.05) is 23.4 Å². The predicted octanol–water partition coefficient (Wildman–Crippen LogP) is 1.08. The molecule has 1 aliphatic heterocycles. The minimum atomic E-state index is -2.91. The van der Waals surface area contributed by atoms with Crippen molar-refractivity contribution in [3.05, 3.63) is 36.2 Å². The zero-order chi connectivity index (χ0) is 17.2. The Morgan fingerprint density at radius 3 is 2.75 bits per heavy atom. The van der Waals surface area contributed by atoms with Crippen LogP contribution in [0.5, 0.6) is 0 Å². The van der Waals surface area contributed by atoms with E-state index in [0.717, 1.165) is 0 Å². The minimum absolute atomic E-state index is 0.0516. The van der Waals surface area contributed by atoms with E-state index in [0.29, 0.717) is 30.3 Å². The lowest BCUT2D eigenvalue weighted by Gasteiger charge is -2.10. The molecule has 1 fully saturated rings. The highest BCUT2D eigenvalue weighted by Gasteiger charge is 2.27. The highest BCUT2D eigenvalue weighted by molar-refractivity contribution is 7.91. The van der Waals surface area contributed by atoms with E-state index < -0.39 is 15.8 Å². The second kappa shape index (κ2) is 6.52. The first-order valence-corrected chi connectivity index (χ1v) is 9.22. The smallest absolute Gasteiger partial charge is 0.335 e. The molecule has 8 nitrogen and oxygen atoms in total.